The largest absolute Gasteiger partial charge is 0.327 e. The van der Waals surface area contributed by atoms with Gasteiger partial charge in [-0.2, -0.15) is 0 Å². The maximum Gasteiger partial charge on any atom is 0.0121 e. The Hall–Kier alpha value is -0.0400. The molecule has 1 nitrogen and oxygen atoms in total. The van der Waals surface area contributed by atoms with Crippen LogP contribution in [0.15, 0.2) is 0 Å². The van der Waals surface area contributed by atoms with Crippen LogP contribution in [0.25, 0.3) is 0 Å². The summed E-state index contributed by atoms with van der Waals surface area (Å²) in [6.07, 6.45) is 12.7. The van der Waals surface area contributed by atoms with E-state index in [1.807, 2.05) is 0 Å². The summed E-state index contributed by atoms with van der Waals surface area (Å²) in [5.41, 5.74) is 6.97. The lowest BCUT2D eigenvalue weighted by Crippen LogP contribution is -2.45. The van der Waals surface area contributed by atoms with Gasteiger partial charge in [-0.3, -0.25) is 0 Å². The highest BCUT2D eigenvalue weighted by atomic mass is 14.7. The lowest BCUT2D eigenvalue weighted by molar-refractivity contribution is 0.130. The van der Waals surface area contributed by atoms with Gasteiger partial charge in [-0.15, -0.1) is 0 Å². The summed E-state index contributed by atoms with van der Waals surface area (Å²) >= 11 is 0. The smallest absolute Gasteiger partial charge is 0.0121 e. The fraction of sp³-hybridized carbons (Fsp3) is 1.00. The third-order valence-corrected chi connectivity index (χ3v) is 4.71. The minimum Gasteiger partial charge on any atom is -0.327 e. The second kappa shape index (κ2) is 4.22. The number of hydrogen-bond acceptors (Lipinski definition) is 1. The molecule has 82 valence electrons. The van der Waals surface area contributed by atoms with Crippen molar-refractivity contribution < 1.29 is 0 Å². The average Bonchev–Trinajstić information content (AvgIpc) is 2.70. The fourth-order valence-corrected chi connectivity index (χ4v) is 3.58. The quantitative estimate of drug-likeness (QED) is 0.717. The van der Waals surface area contributed by atoms with Crippen LogP contribution in [-0.4, -0.2) is 6.04 Å². The van der Waals surface area contributed by atoms with E-state index in [0.29, 0.717) is 11.5 Å². The topological polar surface area (TPSA) is 26.0 Å². The zero-order chi connectivity index (χ0) is 10.0. The van der Waals surface area contributed by atoms with Crippen molar-refractivity contribution in [3.05, 3.63) is 0 Å². The summed E-state index contributed by atoms with van der Waals surface area (Å²) in [6, 6.07) is 0.491. The van der Waals surface area contributed by atoms with Gasteiger partial charge >= 0.3 is 0 Å². The molecule has 2 saturated carbocycles. The van der Waals surface area contributed by atoms with Gasteiger partial charge in [0.15, 0.2) is 0 Å². The molecule has 0 amide bonds. The van der Waals surface area contributed by atoms with Gasteiger partial charge in [0.25, 0.3) is 0 Å². The summed E-state index contributed by atoms with van der Waals surface area (Å²) in [6.45, 7) is 2.44. The molecule has 1 heteroatoms. The van der Waals surface area contributed by atoms with Crippen LogP contribution in [0.4, 0.5) is 0 Å². The Morgan fingerprint density at radius 1 is 1.00 bits per heavy atom. The van der Waals surface area contributed by atoms with E-state index in [4.69, 9.17) is 5.73 Å². The van der Waals surface area contributed by atoms with Crippen LogP contribution < -0.4 is 5.73 Å². The van der Waals surface area contributed by atoms with Crippen LogP contribution in [0.3, 0.4) is 0 Å². The molecule has 14 heavy (non-hydrogen) atoms. The van der Waals surface area contributed by atoms with Crippen molar-refractivity contribution in [2.75, 3.05) is 0 Å². The molecule has 0 aliphatic heterocycles. The monoisotopic (exact) mass is 195 g/mol. The first-order valence-corrected chi connectivity index (χ1v) is 6.48. The summed E-state index contributed by atoms with van der Waals surface area (Å²) in [7, 11) is 0. The van der Waals surface area contributed by atoms with E-state index in [0.717, 1.165) is 5.92 Å². The number of rotatable bonds is 2. The van der Waals surface area contributed by atoms with Gasteiger partial charge in [-0.05, 0) is 37.0 Å². The molecule has 0 spiro atoms. The zero-order valence-corrected chi connectivity index (χ0v) is 9.60. The summed E-state index contributed by atoms with van der Waals surface area (Å²) in [5, 5.41) is 0. The SMILES string of the molecule is CC1(C(N)C2CCCC2)CCCCC1. The van der Waals surface area contributed by atoms with Gasteiger partial charge < -0.3 is 5.73 Å². The third kappa shape index (κ3) is 1.98. The Morgan fingerprint density at radius 2 is 1.57 bits per heavy atom. The first-order valence-electron chi connectivity index (χ1n) is 6.48. The molecule has 0 aromatic carbocycles. The summed E-state index contributed by atoms with van der Waals surface area (Å²) < 4.78 is 0. The summed E-state index contributed by atoms with van der Waals surface area (Å²) in [4.78, 5) is 0. The molecule has 2 N–H and O–H groups in total. The molecule has 2 fully saturated rings. The van der Waals surface area contributed by atoms with Crippen LogP contribution >= 0.6 is 0 Å². The standard InChI is InChI=1S/C13H25N/c1-13(9-5-2-6-10-13)12(14)11-7-3-4-8-11/h11-12H,2-10,14H2,1H3. The van der Waals surface area contributed by atoms with Gasteiger partial charge in [-0.25, -0.2) is 0 Å². The van der Waals surface area contributed by atoms with Crippen molar-refractivity contribution in [3.8, 4) is 0 Å². The Balaban J connectivity index is 1.96. The average molecular weight is 195 g/mol. The van der Waals surface area contributed by atoms with Crippen LogP contribution in [0.2, 0.25) is 0 Å². The third-order valence-electron chi connectivity index (χ3n) is 4.71. The predicted octanol–water partition coefficient (Wildman–Crippen LogP) is 3.47. The van der Waals surface area contributed by atoms with E-state index < -0.39 is 0 Å². The van der Waals surface area contributed by atoms with E-state index in [1.54, 1.807) is 0 Å². The second-order valence-corrected chi connectivity index (χ2v) is 5.79. The molecule has 0 bridgehead atoms. The Kier molecular flexibility index (Phi) is 3.16. The molecule has 0 saturated heterocycles. The maximum absolute atomic E-state index is 6.49. The molecule has 0 aromatic heterocycles. The van der Waals surface area contributed by atoms with E-state index in [1.165, 1.54) is 57.8 Å². The Bertz CT molecular complexity index is 176. The molecule has 2 aliphatic rings. The molecular formula is C13H25N. The molecule has 2 rings (SSSR count). The first kappa shape index (κ1) is 10.5. The highest BCUT2D eigenvalue weighted by molar-refractivity contribution is 4.93. The normalized spacial score (nSPS) is 30.4. The molecule has 1 unspecified atom stereocenters. The lowest BCUT2D eigenvalue weighted by atomic mass is 9.67. The zero-order valence-electron chi connectivity index (χ0n) is 9.60. The number of hydrogen-bond donors (Lipinski definition) is 1. The molecular weight excluding hydrogens is 170 g/mol. The minimum absolute atomic E-state index is 0.479. The van der Waals surface area contributed by atoms with Crippen LogP contribution in [0.1, 0.15) is 64.7 Å². The van der Waals surface area contributed by atoms with Crippen molar-refractivity contribution in [2.24, 2.45) is 17.1 Å². The Morgan fingerprint density at radius 3 is 2.14 bits per heavy atom. The summed E-state index contributed by atoms with van der Waals surface area (Å²) in [5.74, 6) is 0.845. The van der Waals surface area contributed by atoms with Crippen LogP contribution in [-0.2, 0) is 0 Å². The molecule has 1 atom stereocenters. The second-order valence-electron chi connectivity index (χ2n) is 5.79. The first-order chi connectivity index (χ1) is 6.72. The van der Waals surface area contributed by atoms with Crippen molar-refractivity contribution in [2.45, 2.75) is 70.8 Å². The van der Waals surface area contributed by atoms with Gasteiger partial charge in [0.05, 0.1) is 0 Å². The van der Waals surface area contributed by atoms with Gasteiger partial charge in [-0.1, -0.05) is 39.0 Å². The molecule has 0 heterocycles. The molecule has 0 aromatic rings. The van der Waals surface area contributed by atoms with Crippen molar-refractivity contribution >= 4 is 0 Å². The molecule has 2 aliphatic carbocycles. The number of nitrogens with two attached hydrogens (primary N) is 1. The Labute approximate surface area is 88.4 Å². The highest BCUT2D eigenvalue weighted by Gasteiger charge is 2.38. The minimum atomic E-state index is 0.479. The van der Waals surface area contributed by atoms with Crippen molar-refractivity contribution in [1.82, 2.24) is 0 Å². The van der Waals surface area contributed by atoms with Crippen LogP contribution in [0.5, 0.6) is 0 Å². The van der Waals surface area contributed by atoms with Crippen molar-refractivity contribution in [3.63, 3.8) is 0 Å². The van der Waals surface area contributed by atoms with E-state index in [2.05, 4.69) is 6.92 Å². The molecule has 0 radical (unpaired) electrons. The van der Waals surface area contributed by atoms with Gasteiger partial charge in [0.1, 0.15) is 0 Å². The van der Waals surface area contributed by atoms with Crippen molar-refractivity contribution in [1.29, 1.82) is 0 Å². The van der Waals surface area contributed by atoms with Gasteiger partial charge in [0.2, 0.25) is 0 Å². The van der Waals surface area contributed by atoms with Gasteiger partial charge in [0, 0.05) is 6.04 Å². The highest BCUT2D eigenvalue weighted by Crippen LogP contribution is 2.43. The fourth-order valence-electron chi connectivity index (χ4n) is 3.58. The van der Waals surface area contributed by atoms with Crippen LogP contribution in [0, 0.1) is 11.3 Å². The lowest BCUT2D eigenvalue weighted by Gasteiger charge is -2.41. The van der Waals surface area contributed by atoms with E-state index in [-0.39, 0.29) is 0 Å². The van der Waals surface area contributed by atoms with E-state index >= 15 is 0 Å². The maximum atomic E-state index is 6.49. The van der Waals surface area contributed by atoms with E-state index in [9.17, 15) is 0 Å². The predicted molar refractivity (Wildman–Crippen MR) is 61.1 cm³/mol.